The molecule has 6 N–H and O–H groups in total. The van der Waals surface area contributed by atoms with Gasteiger partial charge in [0.15, 0.2) is 0 Å². The third kappa shape index (κ3) is 6.33. The topological polar surface area (TPSA) is 141 Å². The molecule has 122 valence electrons. The second-order valence-electron chi connectivity index (χ2n) is 4.12. The van der Waals surface area contributed by atoms with E-state index in [4.69, 9.17) is 21.1 Å². The highest BCUT2D eigenvalue weighted by atomic mass is 16.5. The van der Waals surface area contributed by atoms with Gasteiger partial charge >= 0.3 is 5.97 Å². The number of benzene rings is 1. The summed E-state index contributed by atoms with van der Waals surface area (Å²) in [6, 6.07) is 3.90. The number of hydrogen-bond acceptors (Lipinski definition) is 7. The first-order valence-corrected chi connectivity index (χ1v) is 6.51. The van der Waals surface area contributed by atoms with Crippen LogP contribution in [0.1, 0.15) is 18.4 Å². The molecule has 1 rings (SSSR count). The lowest BCUT2D eigenvalue weighted by molar-refractivity contribution is -0.138. The molecule has 0 saturated carbocycles. The van der Waals surface area contributed by atoms with Gasteiger partial charge in [-0.1, -0.05) is 6.07 Å². The van der Waals surface area contributed by atoms with Crippen molar-refractivity contribution in [2.24, 2.45) is 10.8 Å². The average Bonchev–Trinajstić information content (AvgIpc) is 2.53. The van der Waals surface area contributed by atoms with Crippen molar-refractivity contribution >= 4 is 18.9 Å². The number of carboxylic acid groups (broad SMARTS) is 1. The smallest absolute Gasteiger partial charge is 0.328 e. The summed E-state index contributed by atoms with van der Waals surface area (Å²) in [5.74, 6) is 4.53. The van der Waals surface area contributed by atoms with Gasteiger partial charge in [-0.3, -0.25) is 16.3 Å². The molecule has 8 heteroatoms. The predicted molar refractivity (Wildman–Crippen MR) is 84.9 cm³/mol. The zero-order chi connectivity index (χ0) is 17.0. The Labute approximate surface area is 129 Å². The van der Waals surface area contributed by atoms with Crippen LogP contribution in [0.4, 0.5) is 0 Å². The summed E-state index contributed by atoms with van der Waals surface area (Å²) in [7, 11) is 1.47. The number of nitrogens with zero attached hydrogens (tertiary/aromatic N) is 1. The zero-order valence-electron chi connectivity index (χ0n) is 12.5. The molecule has 1 aromatic carbocycles. The number of hydrogen-bond donors (Lipinski definition) is 5. The number of ether oxygens (including phenoxy) is 1. The van der Waals surface area contributed by atoms with Gasteiger partial charge in [-0.2, -0.15) is 0 Å². The first-order valence-electron chi connectivity index (χ1n) is 6.51. The lowest BCUT2D eigenvalue weighted by atomic mass is 10.1. The number of carboxylic acids is 1. The third-order valence-electron chi connectivity index (χ3n) is 2.73. The van der Waals surface area contributed by atoms with E-state index < -0.39 is 12.0 Å². The van der Waals surface area contributed by atoms with E-state index in [1.165, 1.54) is 19.4 Å². The van der Waals surface area contributed by atoms with Crippen LogP contribution in [0.5, 0.6) is 11.5 Å². The van der Waals surface area contributed by atoms with Crippen LogP contribution < -0.4 is 16.0 Å². The van der Waals surface area contributed by atoms with Crippen molar-refractivity contribution in [1.29, 1.82) is 5.41 Å². The van der Waals surface area contributed by atoms with Crippen molar-refractivity contribution in [1.82, 2.24) is 5.43 Å². The molecule has 0 amide bonds. The highest BCUT2D eigenvalue weighted by Gasteiger charge is 2.15. The largest absolute Gasteiger partial charge is 0.507 e. The number of phenolic OH excluding ortho intramolecular Hbond substituents is 1. The summed E-state index contributed by atoms with van der Waals surface area (Å²) in [5, 5.41) is 24.3. The fourth-order valence-electron chi connectivity index (χ4n) is 1.66. The maximum Gasteiger partial charge on any atom is 0.328 e. The first-order chi connectivity index (χ1) is 10.6. The fraction of sp³-hybridized carbons (Fsp3) is 0.357. The quantitative estimate of drug-likeness (QED) is 0.208. The first kappa shape index (κ1) is 19.6. The molecule has 0 fully saturated rings. The van der Waals surface area contributed by atoms with Crippen LogP contribution in [-0.4, -0.2) is 48.8 Å². The Bertz CT molecular complexity index is 494. The van der Waals surface area contributed by atoms with Crippen molar-refractivity contribution in [3.05, 3.63) is 23.8 Å². The molecule has 0 saturated heterocycles. The Morgan fingerprint density at radius 3 is 2.82 bits per heavy atom. The number of phenols is 1. The van der Waals surface area contributed by atoms with Crippen molar-refractivity contribution in [2.75, 3.05) is 13.7 Å². The number of nitrogens with two attached hydrogens (primary N) is 1. The summed E-state index contributed by atoms with van der Waals surface area (Å²) in [5.41, 5.74) is 2.82. The Morgan fingerprint density at radius 2 is 2.27 bits per heavy atom. The molecule has 22 heavy (non-hydrogen) atoms. The molecule has 1 unspecified atom stereocenters. The molecule has 0 aliphatic heterocycles. The van der Waals surface area contributed by atoms with Gasteiger partial charge in [0.1, 0.15) is 17.5 Å². The van der Waals surface area contributed by atoms with E-state index in [2.05, 4.69) is 17.1 Å². The lowest BCUT2D eigenvalue weighted by Gasteiger charge is -2.09. The van der Waals surface area contributed by atoms with Crippen LogP contribution in [0.3, 0.4) is 0 Å². The Kier molecular flexibility index (Phi) is 9.98. The Hall–Kier alpha value is -2.45. The number of carbonyl (C=O) groups is 1. The number of aliphatic imine (C=N–C) groups is 1. The zero-order valence-corrected chi connectivity index (χ0v) is 12.5. The second kappa shape index (κ2) is 11.2. The van der Waals surface area contributed by atoms with Gasteiger partial charge in [0.05, 0.1) is 12.7 Å². The summed E-state index contributed by atoms with van der Waals surface area (Å²) in [4.78, 5) is 15.1. The molecule has 1 aromatic rings. The maximum atomic E-state index is 11.1. The normalized spacial score (nSPS) is 11.5. The monoisotopic (exact) mass is 310 g/mol. The fourth-order valence-corrected chi connectivity index (χ4v) is 1.66. The van der Waals surface area contributed by atoms with Gasteiger partial charge in [0, 0.05) is 12.8 Å². The third-order valence-corrected chi connectivity index (χ3v) is 2.73. The standard InChI is InChI=1S/C13H19N3O4.CH3N/c1-20-12-6-2-5-11(17)9(12)8-15-10(13(18)19)4-3-7-16-14;1-2/h2,5-6,8,10,16-17H,3-4,7,14H2,1H3,(H,18,19);2H,1H2. The van der Waals surface area contributed by atoms with Gasteiger partial charge in [0.25, 0.3) is 0 Å². The van der Waals surface area contributed by atoms with E-state index in [1.54, 1.807) is 12.1 Å². The van der Waals surface area contributed by atoms with Gasteiger partial charge in [-0.15, -0.1) is 0 Å². The number of methoxy groups -OCH3 is 1. The van der Waals surface area contributed by atoms with Crippen LogP contribution in [-0.2, 0) is 4.79 Å². The summed E-state index contributed by atoms with van der Waals surface area (Å²) in [6.07, 6.45) is 2.26. The van der Waals surface area contributed by atoms with Gasteiger partial charge < -0.3 is 20.4 Å². The van der Waals surface area contributed by atoms with Crippen molar-refractivity contribution < 1.29 is 19.7 Å². The Balaban J connectivity index is 0.00000211. The number of aliphatic carboxylic acids is 1. The molecule has 0 heterocycles. The molecular formula is C14H22N4O4. The number of rotatable bonds is 8. The summed E-state index contributed by atoms with van der Waals surface area (Å²) < 4.78 is 5.09. The van der Waals surface area contributed by atoms with Gasteiger partial charge in [-0.25, -0.2) is 4.79 Å². The number of hydrazine groups is 1. The summed E-state index contributed by atoms with van der Waals surface area (Å²) >= 11 is 0. The molecule has 0 aliphatic rings. The van der Waals surface area contributed by atoms with Crippen LogP contribution in [0.15, 0.2) is 23.2 Å². The highest BCUT2D eigenvalue weighted by Crippen LogP contribution is 2.25. The van der Waals surface area contributed by atoms with E-state index >= 15 is 0 Å². The van der Waals surface area contributed by atoms with Crippen LogP contribution in [0.25, 0.3) is 0 Å². The van der Waals surface area contributed by atoms with E-state index in [0.717, 1.165) is 0 Å². The maximum absolute atomic E-state index is 11.1. The molecule has 0 bridgehead atoms. The highest BCUT2D eigenvalue weighted by molar-refractivity contribution is 5.89. The van der Waals surface area contributed by atoms with Crippen LogP contribution in [0, 0.1) is 5.41 Å². The minimum Gasteiger partial charge on any atom is -0.507 e. The van der Waals surface area contributed by atoms with E-state index in [1.807, 2.05) is 0 Å². The molecular weight excluding hydrogens is 288 g/mol. The number of nitrogens with one attached hydrogen (secondary N) is 2. The molecule has 0 radical (unpaired) electrons. The van der Waals surface area contributed by atoms with Crippen molar-refractivity contribution in [2.45, 2.75) is 18.9 Å². The molecule has 0 spiro atoms. The molecule has 0 aliphatic carbocycles. The average molecular weight is 310 g/mol. The van der Waals surface area contributed by atoms with Gasteiger partial charge in [0.2, 0.25) is 0 Å². The second-order valence-corrected chi connectivity index (χ2v) is 4.12. The molecule has 0 aromatic heterocycles. The molecule has 1 atom stereocenters. The van der Waals surface area contributed by atoms with E-state index in [-0.39, 0.29) is 5.75 Å². The minimum absolute atomic E-state index is 0.0131. The van der Waals surface area contributed by atoms with E-state index in [9.17, 15) is 9.90 Å². The van der Waals surface area contributed by atoms with Crippen LogP contribution >= 0.6 is 0 Å². The minimum atomic E-state index is -1.02. The van der Waals surface area contributed by atoms with Crippen molar-refractivity contribution in [3.8, 4) is 11.5 Å². The molecule has 8 nitrogen and oxygen atoms in total. The van der Waals surface area contributed by atoms with Crippen molar-refractivity contribution in [3.63, 3.8) is 0 Å². The Morgan fingerprint density at radius 1 is 1.59 bits per heavy atom. The summed E-state index contributed by atoms with van der Waals surface area (Å²) in [6.45, 7) is 3.01. The SMILES string of the molecule is C=N.COc1cccc(O)c1C=NC(CCCNN)C(=O)O. The van der Waals surface area contributed by atoms with E-state index in [0.29, 0.717) is 30.7 Å². The lowest BCUT2D eigenvalue weighted by Crippen LogP contribution is -2.25. The van der Waals surface area contributed by atoms with Gasteiger partial charge in [-0.05, 0) is 31.7 Å². The number of aromatic hydroxyl groups is 1. The van der Waals surface area contributed by atoms with Crippen LogP contribution in [0.2, 0.25) is 0 Å². The predicted octanol–water partition coefficient (Wildman–Crippen LogP) is 0.782.